The molecule has 1 aliphatic carbocycles. The van der Waals surface area contributed by atoms with E-state index >= 15 is 0 Å². The van der Waals surface area contributed by atoms with Gasteiger partial charge in [-0.15, -0.1) is 4.31 Å². The van der Waals surface area contributed by atoms with Crippen molar-refractivity contribution in [2.45, 2.75) is 19.8 Å². The maximum Gasteiger partial charge on any atom is 0.207 e. The number of nitrogens with zero attached hydrogens (tertiary/aromatic N) is 2. The molecule has 1 saturated heterocycles. The van der Waals surface area contributed by atoms with Gasteiger partial charge in [0, 0.05) is 37.4 Å². The number of fused-ring (bicyclic) bond motifs is 1. The van der Waals surface area contributed by atoms with Gasteiger partial charge in [0.25, 0.3) is 0 Å². The van der Waals surface area contributed by atoms with E-state index in [1.54, 1.807) is 35.7 Å². The summed E-state index contributed by atoms with van der Waals surface area (Å²) in [4.78, 5) is 18.8. The number of piperidine rings is 1. The smallest absolute Gasteiger partial charge is 0.207 e. The first kappa shape index (κ1) is 26.5. The van der Waals surface area contributed by atoms with Gasteiger partial charge in [-0.1, -0.05) is 5.57 Å². The maximum absolute atomic E-state index is 14.1. The van der Waals surface area contributed by atoms with Crippen LogP contribution in [0.3, 0.4) is 0 Å². The third kappa shape index (κ3) is 5.41. The van der Waals surface area contributed by atoms with Gasteiger partial charge in [-0.25, -0.2) is 4.39 Å². The second-order valence-corrected chi connectivity index (χ2v) is 10.5. The standard InChI is InChI=1S/C27H29FN6O2S/c1-18-7-9-32-25(11-18)26(35)27-13-19(14-29)24(33-22-5-3-21(28)4-6-22)12-20(27)8-10-34(17-27)37(36)23(15-30)16-31-2/h3-7,9,11-12,14-16,29-31,33H,8,10,13,17H2,1-2H3/b23-16+,29-14?,30-15?. The van der Waals surface area contributed by atoms with Crippen LogP contribution in [-0.4, -0.2) is 52.2 Å². The first-order chi connectivity index (χ1) is 17.8. The zero-order valence-corrected chi connectivity index (χ0v) is 21.5. The number of rotatable bonds is 9. The highest BCUT2D eigenvalue weighted by molar-refractivity contribution is 7.93. The van der Waals surface area contributed by atoms with Crippen molar-refractivity contribution < 1.29 is 13.7 Å². The number of aryl methyl sites for hydroxylation is 1. The number of hydrogen-bond acceptors (Lipinski definition) is 8. The zero-order chi connectivity index (χ0) is 26.6. The number of allylic oxidation sites excluding steroid dienone is 3. The Morgan fingerprint density at radius 1 is 1.27 bits per heavy atom. The van der Waals surface area contributed by atoms with Gasteiger partial charge in [0.15, 0.2) is 5.78 Å². The van der Waals surface area contributed by atoms with E-state index in [-0.39, 0.29) is 24.6 Å². The maximum atomic E-state index is 14.1. The van der Waals surface area contributed by atoms with E-state index in [2.05, 4.69) is 15.6 Å². The third-order valence-corrected chi connectivity index (χ3v) is 8.01. The Balaban J connectivity index is 1.76. The topological polar surface area (TPSA) is 128 Å². The number of nitrogens with one attached hydrogen (secondary N) is 4. The van der Waals surface area contributed by atoms with Crippen LogP contribution in [0.2, 0.25) is 0 Å². The molecule has 2 aromatic rings. The molecule has 4 N–H and O–H groups in total. The Bertz CT molecular complexity index is 1310. The van der Waals surface area contributed by atoms with E-state index < -0.39 is 16.8 Å². The van der Waals surface area contributed by atoms with Gasteiger partial charge < -0.3 is 26.0 Å². The molecule has 192 valence electrons. The molecule has 2 heterocycles. The van der Waals surface area contributed by atoms with Crippen molar-refractivity contribution in [2.24, 2.45) is 5.41 Å². The molecule has 1 aromatic carbocycles. The lowest BCUT2D eigenvalue weighted by molar-refractivity contribution is 0.0770. The second-order valence-electron chi connectivity index (χ2n) is 9.03. The van der Waals surface area contributed by atoms with Gasteiger partial charge in [-0.2, -0.15) is 0 Å². The molecule has 8 nitrogen and oxygen atoms in total. The van der Waals surface area contributed by atoms with E-state index in [9.17, 15) is 13.7 Å². The molecular weight excluding hydrogens is 491 g/mol. The number of Topliss-reactive ketones (excluding diaryl/α,β-unsaturated/α-hetero) is 1. The molecule has 0 amide bonds. The van der Waals surface area contributed by atoms with Crippen molar-refractivity contribution in [3.8, 4) is 0 Å². The first-order valence-corrected chi connectivity index (χ1v) is 12.9. The summed E-state index contributed by atoms with van der Waals surface area (Å²) < 4.78 is 28.5. The Labute approximate surface area is 218 Å². The van der Waals surface area contributed by atoms with Crippen LogP contribution in [0.4, 0.5) is 10.1 Å². The SMILES string of the molecule is CN/C=C(\C=N)[S+]([O-])N1CCC2=CC(Nc3ccc(F)cc3)=C(C=N)CC2(C(=O)c2cc(C)ccn2)C1. The van der Waals surface area contributed by atoms with Crippen LogP contribution in [0.5, 0.6) is 0 Å². The number of halogens is 1. The van der Waals surface area contributed by atoms with Crippen molar-refractivity contribution in [1.82, 2.24) is 14.6 Å². The van der Waals surface area contributed by atoms with Crippen molar-refractivity contribution >= 4 is 35.3 Å². The van der Waals surface area contributed by atoms with Crippen LogP contribution >= 0.6 is 0 Å². The van der Waals surface area contributed by atoms with Gasteiger partial charge in [-0.05, 0) is 73.4 Å². The molecule has 2 atom stereocenters. The largest absolute Gasteiger partial charge is 0.593 e. The van der Waals surface area contributed by atoms with Crippen LogP contribution in [-0.2, 0) is 11.4 Å². The number of carbonyl (C=O) groups excluding carboxylic acids is 1. The Morgan fingerprint density at radius 3 is 2.68 bits per heavy atom. The monoisotopic (exact) mass is 520 g/mol. The van der Waals surface area contributed by atoms with Crippen LogP contribution in [0.15, 0.2) is 76.6 Å². The molecule has 1 aromatic heterocycles. The number of hydrogen-bond donors (Lipinski definition) is 4. The van der Waals surface area contributed by atoms with E-state index in [0.717, 1.165) is 17.4 Å². The average Bonchev–Trinajstić information content (AvgIpc) is 2.91. The number of benzene rings is 1. The lowest BCUT2D eigenvalue weighted by Gasteiger charge is -2.45. The normalized spacial score (nSPS) is 21.0. The summed E-state index contributed by atoms with van der Waals surface area (Å²) in [5.41, 5.74) is 2.92. The van der Waals surface area contributed by atoms with Crippen molar-refractivity contribution in [1.29, 1.82) is 10.8 Å². The quantitative estimate of drug-likeness (QED) is 0.224. The summed E-state index contributed by atoms with van der Waals surface area (Å²) in [6, 6.07) is 9.51. The predicted octanol–water partition coefficient (Wildman–Crippen LogP) is 4.12. The fraction of sp³-hybridized carbons (Fsp3) is 0.259. The highest BCUT2D eigenvalue weighted by Gasteiger charge is 2.51. The van der Waals surface area contributed by atoms with E-state index in [0.29, 0.717) is 40.5 Å². The van der Waals surface area contributed by atoms with Crippen LogP contribution < -0.4 is 10.6 Å². The van der Waals surface area contributed by atoms with Crippen LogP contribution in [0, 0.1) is 29.0 Å². The third-order valence-electron chi connectivity index (χ3n) is 6.59. The lowest BCUT2D eigenvalue weighted by atomic mass is 9.65. The molecule has 2 unspecified atom stereocenters. The minimum absolute atomic E-state index is 0.149. The summed E-state index contributed by atoms with van der Waals surface area (Å²) in [5.74, 6) is -0.542. The lowest BCUT2D eigenvalue weighted by Crippen LogP contribution is -2.53. The number of carbonyl (C=O) groups is 1. The van der Waals surface area contributed by atoms with Crippen molar-refractivity contribution in [2.75, 3.05) is 25.5 Å². The van der Waals surface area contributed by atoms with E-state index in [1.165, 1.54) is 24.5 Å². The molecule has 0 spiro atoms. The number of ketones is 1. The molecule has 0 bridgehead atoms. The van der Waals surface area contributed by atoms with Crippen LogP contribution in [0.25, 0.3) is 0 Å². The Morgan fingerprint density at radius 2 is 2.03 bits per heavy atom. The van der Waals surface area contributed by atoms with E-state index in [4.69, 9.17) is 10.8 Å². The van der Waals surface area contributed by atoms with E-state index in [1.807, 2.05) is 19.1 Å². The molecule has 10 heteroatoms. The predicted molar refractivity (Wildman–Crippen MR) is 145 cm³/mol. The van der Waals surface area contributed by atoms with Gasteiger partial charge in [0.1, 0.15) is 11.5 Å². The Kier molecular flexibility index (Phi) is 8.01. The first-order valence-electron chi connectivity index (χ1n) is 11.8. The molecule has 2 aliphatic rings. The summed E-state index contributed by atoms with van der Waals surface area (Å²) in [6.45, 7) is 2.46. The molecule has 1 fully saturated rings. The van der Waals surface area contributed by atoms with Gasteiger partial charge in [0.05, 0.1) is 35.7 Å². The minimum Gasteiger partial charge on any atom is -0.593 e. The number of anilines is 1. The number of pyridine rings is 1. The molecule has 0 saturated carbocycles. The molecule has 0 radical (unpaired) electrons. The highest BCUT2D eigenvalue weighted by Crippen LogP contribution is 2.47. The molecule has 1 aliphatic heterocycles. The summed E-state index contributed by atoms with van der Waals surface area (Å²) in [6.07, 6.45) is 7.95. The fourth-order valence-electron chi connectivity index (χ4n) is 4.75. The molecule has 4 rings (SSSR count). The number of aromatic nitrogens is 1. The molecule has 37 heavy (non-hydrogen) atoms. The van der Waals surface area contributed by atoms with Crippen LogP contribution in [0.1, 0.15) is 28.9 Å². The molecular formula is C27H29FN6O2S. The summed E-state index contributed by atoms with van der Waals surface area (Å²) in [5, 5.41) is 21.9. The fourth-order valence-corrected chi connectivity index (χ4v) is 5.96. The highest BCUT2D eigenvalue weighted by atomic mass is 32.2. The Hall–Kier alpha value is -3.60. The summed E-state index contributed by atoms with van der Waals surface area (Å²) >= 11 is -1.65. The van der Waals surface area contributed by atoms with Crippen molar-refractivity contribution in [3.63, 3.8) is 0 Å². The zero-order valence-electron chi connectivity index (χ0n) is 20.7. The average molecular weight is 521 g/mol. The van der Waals surface area contributed by atoms with Crippen molar-refractivity contribution in [3.05, 3.63) is 93.7 Å². The van der Waals surface area contributed by atoms with Gasteiger partial charge in [-0.3, -0.25) is 9.78 Å². The van der Waals surface area contributed by atoms with Gasteiger partial charge >= 0.3 is 0 Å². The summed E-state index contributed by atoms with van der Waals surface area (Å²) in [7, 11) is 1.67. The van der Waals surface area contributed by atoms with Gasteiger partial charge in [0.2, 0.25) is 4.91 Å². The minimum atomic E-state index is -1.65. The second kappa shape index (κ2) is 11.2.